The molecule has 1 aliphatic rings. The number of nitrogens with zero attached hydrogens (tertiary/aromatic N) is 2. The standard InChI is InChI=1S/C19H21N3O2/c1-13-5-3-7-16(19(24)22-12-4-6-14(22)2)17(13)21-18(23)15-8-10-20-11-9-15/h3,5,7-11,14H,4,6,12H2,1-2H3,(H,21,23). The molecule has 24 heavy (non-hydrogen) atoms. The van der Waals surface area contributed by atoms with Crippen LogP contribution in [0.25, 0.3) is 0 Å². The van der Waals surface area contributed by atoms with Crippen LogP contribution >= 0.6 is 0 Å². The van der Waals surface area contributed by atoms with Gasteiger partial charge in [-0.2, -0.15) is 0 Å². The summed E-state index contributed by atoms with van der Waals surface area (Å²) in [6.07, 6.45) is 5.20. The number of aryl methyl sites for hydroxylation is 1. The summed E-state index contributed by atoms with van der Waals surface area (Å²) in [5.74, 6) is -0.260. The van der Waals surface area contributed by atoms with Crippen LogP contribution in [0.4, 0.5) is 5.69 Å². The minimum absolute atomic E-state index is 0.0197. The zero-order valence-corrected chi connectivity index (χ0v) is 14.0. The molecule has 0 aliphatic carbocycles. The summed E-state index contributed by atoms with van der Waals surface area (Å²) in [4.78, 5) is 31.2. The van der Waals surface area contributed by atoms with Crippen LogP contribution in [0.3, 0.4) is 0 Å². The van der Waals surface area contributed by atoms with Crippen LogP contribution in [0.1, 0.15) is 46.0 Å². The Balaban J connectivity index is 1.90. The largest absolute Gasteiger partial charge is 0.336 e. The first kappa shape index (κ1) is 16.2. The number of pyridine rings is 1. The van der Waals surface area contributed by atoms with Crippen molar-refractivity contribution in [1.29, 1.82) is 0 Å². The van der Waals surface area contributed by atoms with Crippen molar-refractivity contribution in [3.05, 3.63) is 59.4 Å². The van der Waals surface area contributed by atoms with Gasteiger partial charge in [0.2, 0.25) is 0 Å². The van der Waals surface area contributed by atoms with Gasteiger partial charge in [0.15, 0.2) is 0 Å². The van der Waals surface area contributed by atoms with E-state index in [4.69, 9.17) is 0 Å². The van der Waals surface area contributed by atoms with E-state index in [1.165, 1.54) is 0 Å². The van der Waals surface area contributed by atoms with Crippen LogP contribution in [-0.4, -0.2) is 34.3 Å². The van der Waals surface area contributed by atoms with E-state index in [9.17, 15) is 9.59 Å². The van der Waals surface area contributed by atoms with Gasteiger partial charge < -0.3 is 10.2 Å². The summed E-state index contributed by atoms with van der Waals surface area (Å²) in [5, 5.41) is 2.90. The summed E-state index contributed by atoms with van der Waals surface area (Å²) < 4.78 is 0. The number of likely N-dealkylation sites (tertiary alicyclic amines) is 1. The Hall–Kier alpha value is -2.69. The molecule has 1 fully saturated rings. The zero-order chi connectivity index (χ0) is 17.1. The van der Waals surface area contributed by atoms with Gasteiger partial charge in [-0.1, -0.05) is 12.1 Å². The van der Waals surface area contributed by atoms with Crippen molar-refractivity contribution < 1.29 is 9.59 Å². The van der Waals surface area contributed by atoms with Crippen molar-refractivity contribution >= 4 is 17.5 Å². The van der Waals surface area contributed by atoms with Gasteiger partial charge in [0.1, 0.15) is 0 Å². The van der Waals surface area contributed by atoms with E-state index in [2.05, 4.69) is 17.2 Å². The molecule has 0 saturated carbocycles. The fourth-order valence-corrected chi connectivity index (χ4v) is 3.09. The number of para-hydroxylation sites is 1. The van der Waals surface area contributed by atoms with E-state index >= 15 is 0 Å². The number of benzene rings is 1. The maximum absolute atomic E-state index is 12.9. The smallest absolute Gasteiger partial charge is 0.256 e. The molecule has 1 aromatic heterocycles. The Kier molecular flexibility index (Phi) is 4.60. The van der Waals surface area contributed by atoms with Crippen LogP contribution in [0.5, 0.6) is 0 Å². The average Bonchev–Trinajstić information content (AvgIpc) is 3.03. The molecule has 0 radical (unpaired) electrons. The maximum atomic E-state index is 12.9. The number of amides is 2. The van der Waals surface area contributed by atoms with Gasteiger partial charge >= 0.3 is 0 Å². The molecule has 2 aromatic rings. The molecule has 2 amide bonds. The fourth-order valence-electron chi connectivity index (χ4n) is 3.09. The molecule has 0 bridgehead atoms. The van der Waals surface area contributed by atoms with Gasteiger partial charge in [-0.25, -0.2) is 0 Å². The van der Waals surface area contributed by atoms with Gasteiger partial charge in [-0.3, -0.25) is 14.6 Å². The summed E-state index contributed by atoms with van der Waals surface area (Å²) in [5.41, 5.74) is 2.52. The van der Waals surface area contributed by atoms with Crippen LogP contribution in [0.2, 0.25) is 0 Å². The van der Waals surface area contributed by atoms with Crippen molar-refractivity contribution in [2.24, 2.45) is 0 Å². The number of hydrogen-bond acceptors (Lipinski definition) is 3. The van der Waals surface area contributed by atoms with E-state index in [1.54, 1.807) is 30.6 Å². The normalized spacial score (nSPS) is 16.9. The molecule has 1 N–H and O–H groups in total. The molecule has 5 nitrogen and oxygen atoms in total. The van der Waals surface area contributed by atoms with Gasteiger partial charge in [-0.15, -0.1) is 0 Å². The molecular weight excluding hydrogens is 302 g/mol. The average molecular weight is 323 g/mol. The minimum atomic E-state index is -0.241. The van der Waals surface area contributed by atoms with Crippen LogP contribution < -0.4 is 5.32 Å². The Bertz CT molecular complexity index is 758. The molecule has 124 valence electrons. The maximum Gasteiger partial charge on any atom is 0.256 e. The molecule has 2 heterocycles. The molecule has 1 aliphatic heterocycles. The van der Waals surface area contributed by atoms with Crippen LogP contribution in [0.15, 0.2) is 42.7 Å². The zero-order valence-electron chi connectivity index (χ0n) is 14.0. The lowest BCUT2D eigenvalue weighted by Crippen LogP contribution is -2.34. The summed E-state index contributed by atoms with van der Waals surface area (Å²) in [6, 6.07) is 9.07. The number of rotatable bonds is 3. The van der Waals surface area contributed by atoms with E-state index in [1.807, 2.05) is 24.0 Å². The second kappa shape index (κ2) is 6.83. The third kappa shape index (κ3) is 3.15. The Morgan fingerprint density at radius 3 is 2.62 bits per heavy atom. The van der Waals surface area contributed by atoms with Crippen molar-refractivity contribution in [3.63, 3.8) is 0 Å². The quantitative estimate of drug-likeness (QED) is 0.943. The lowest BCUT2D eigenvalue weighted by Gasteiger charge is -2.23. The third-order valence-electron chi connectivity index (χ3n) is 4.50. The molecule has 5 heteroatoms. The van der Waals surface area contributed by atoms with Crippen molar-refractivity contribution in [3.8, 4) is 0 Å². The lowest BCUT2D eigenvalue weighted by atomic mass is 10.1. The highest BCUT2D eigenvalue weighted by molar-refractivity contribution is 6.09. The topological polar surface area (TPSA) is 62.3 Å². The lowest BCUT2D eigenvalue weighted by molar-refractivity contribution is 0.0748. The van der Waals surface area contributed by atoms with Gasteiger partial charge in [0.05, 0.1) is 11.3 Å². The Morgan fingerprint density at radius 1 is 1.21 bits per heavy atom. The van der Waals surface area contributed by atoms with E-state index in [0.29, 0.717) is 16.8 Å². The van der Waals surface area contributed by atoms with Crippen LogP contribution in [0, 0.1) is 6.92 Å². The third-order valence-corrected chi connectivity index (χ3v) is 4.50. The second-order valence-corrected chi connectivity index (χ2v) is 6.18. The van der Waals surface area contributed by atoms with E-state index < -0.39 is 0 Å². The number of carbonyl (C=O) groups is 2. The summed E-state index contributed by atoms with van der Waals surface area (Å²) in [6.45, 7) is 4.73. The molecule has 1 aromatic carbocycles. The predicted octanol–water partition coefficient (Wildman–Crippen LogP) is 3.27. The summed E-state index contributed by atoms with van der Waals surface area (Å²) in [7, 11) is 0. The number of aromatic nitrogens is 1. The van der Waals surface area contributed by atoms with Crippen LogP contribution in [-0.2, 0) is 0 Å². The SMILES string of the molecule is Cc1cccc(C(=O)N2CCCC2C)c1NC(=O)c1ccncc1. The first-order chi connectivity index (χ1) is 11.6. The molecule has 1 atom stereocenters. The van der Waals surface area contributed by atoms with Gasteiger partial charge in [-0.05, 0) is 50.5 Å². The molecule has 0 spiro atoms. The highest BCUT2D eigenvalue weighted by Crippen LogP contribution is 2.26. The van der Waals surface area contributed by atoms with Crippen molar-refractivity contribution in [2.45, 2.75) is 32.7 Å². The minimum Gasteiger partial charge on any atom is -0.336 e. The Labute approximate surface area is 141 Å². The molecular formula is C19H21N3O2. The molecule has 1 saturated heterocycles. The van der Waals surface area contributed by atoms with Gasteiger partial charge in [0.25, 0.3) is 11.8 Å². The highest BCUT2D eigenvalue weighted by atomic mass is 16.2. The number of carbonyl (C=O) groups excluding carboxylic acids is 2. The van der Waals surface area contributed by atoms with Crippen molar-refractivity contribution in [1.82, 2.24) is 9.88 Å². The number of nitrogens with one attached hydrogen (secondary N) is 1. The van der Waals surface area contributed by atoms with E-state index in [-0.39, 0.29) is 17.9 Å². The monoisotopic (exact) mass is 323 g/mol. The van der Waals surface area contributed by atoms with Crippen molar-refractivity contribution in [2.75, 3.05) is 11.9 Å². The number of anilines is 1. The fraction of sp³-hybridized carbons (Fsp3) is 0.316. The molecule has 3 rings (SSSR count). The van der Waals surface area contributed by atoms with Gasteiger partial charge in [0, 0.05) is 30.5 Å². The van der Waals surface area contributed by atoms with E-state index in [0.717, 1.165) is 24.9 Å². The predicted molar refractivity (Wildman–Crippen MR) is 93.1 cm³/mol. The Morgan fingerprint density at radius 2 is 1.96 bits per heavy atom. The summed E-state index contributed by atoms with van der Waals surface area (Å²) >= 11 is 0. The molecule has 1 unspecified atom stereocenters. The number of hydrogen-bond donors (Lipinski definition) is 1. The first-order valence-corrected chi connectivity index (χ1v) is 8.20. The first-order valence-electron chi connectivity index (χ1n) is 8.20. The second-order valence-electron chi connectivity index (χ2n) is 6.18. The highest BCUT2D eigenvalue weighted by Gasteiger charge is 2.28.